The zero-order chi connectivity index (χ0) is 9.97. The summed E-state index contributed by atoms with van der Waals surface area (Å²) in [6.45, 7) is 1.25. The largest absolute Gasteiger partial charge is 0.326 e. The second-order valence-electron chi connectivity index (χ2n) is 2.94. The molecule has 2 aromatic rings. The van der Waals surface area contributed by atoms with E-state index in [9.17, 15) is 0 Å². The van der Waals surface area contributed by atoms with Gasteiger partial charge in [-0.1, -0.05) is 0 Å². The Balaban J connectivity index is 0.00000112. The van der Waals surface area contributed by atoms with Crippen LogP contribution in [0.15, 0.2) is 24.3 Å². The molecule has 0 fully saturated rings. The molecule has 2 nitrogen and oxygen atoms in total. The Bertz CT molecular complexity index is 382. The molecule has 4 N–H and O–H groups in total. The highest BCUT2D eigenvalue weighted by molar-refractivity contribution is 7.22. The van der Waals surface area contributed by atoms with Crippen molar-refractivity contribution in [3.63, 3.8) is 0 Å². The van der Waals surface area contributed by atoms with Crippen LogP contribution in [0.2, 0.25) is 0 Å². The van der Waals surface area contributed by atoms with Crippen molar-refractivity contribution in [2.45, 2.75) is 13.1 Å². The second kappa shape index (κ2) is 5.63. The Morgan fingerprint density at radius 3 is 1.47 bits per heavy atom. The highest BCUT2D eigenvalue weighted by Gasteiger charge is 2.04. The summed E-state index contributed by atoms with van der Waals surface area (Å²) >= 11 is 3.51. The van der Waals surface area contributed by atoms with Gasteiger partial charge in [-0.3, -0.25) is 0 Å². The molecule has 0 aliphatic rings. The van der Waals surface area contributed by atoms with Crippen LogP contribution in [0.1, 0.15) is 9.75 Å². The summed E-state index contributed by atoms with van der Waals surface area (Å²) in [4.78, 5) is 5.02. The molecule has 2 heterocycles. The van der Waals surface area contributed by atoms with Gasteiger partial charge in [-0.05, 0) is 24.3 Å². The van der Waals surface area contributed by atoms with Crippen molar-refractivity contribution in [1.82, 2.24) is 0 Å². The van der Waals surface area contributed by atoms with Crippen LogP contribution < -0.4 is 11.5 Å². The molecular weight excluding hydrogens is 248 g/mol. The molecule has 0 aliphatic carbocycles. The molecule has 0 saturated carbocycles. The highest BCUT2D eigenvalue weighted by Crippen LogP contribution is 2.33. The molecule has 0 bridgehead atoms. The van der Waals surface area contributed by atoms with Gasteiger partial charge in [0.05, 0.1) is 0 Å². The fourth-order valence-corrected chi connectivity index (χ4v) is 3.10. The summed E-state index contributed by atoms with van der Waals surface area (Å²) in [5, 5.41) is 0. The van der Waals surface area contributed by atoms with Crippen molar-refractivity contribution in [2.75, 3.05) is 0 Å². The van der Waals surface area contributed by atoms with Gasteiger partial charge in [0.2, 0.25) is 0 Å². The van der Waals surface area contributed by atoms with Crippen molar-refractivity contribution in [3.05, 3.63) is 34.0 Å². The van der Waals surface area contributed by atoms with E-state index >= 15 is 0 Å². The van der Waals surface area contributed by atoms with E-state index in [2.05, 4.69) is 24.3 Å². The Morgan fingerprint density at radius 1 is 0.800 bits per heavy atom. The van der Waals surface area contributed by atoms with Gasteiger partial charge in [0, 0.05) is 32.6 Å². The third-order valence-electron chi connectivity index (χ3n) is 1.97. The standard InChI is InChI=1S/C10H12N2S2.ClH/c11-5-7-1-3-9(13-7)10-4-2-8(6-12)14-10;/h1-4H,5-6,11-12H2;1H. The zero-order valence-electron chi connectivity index (χ0n) is 8.10. The number of hydrogen-bond acceptors (Lipinski definition) is 4. The minimum absolute atomic E-state index is 0. The molecule has 2 rings (SSSR count). The lowest BCUT2D eigenvalue weighted by Gasteiger charge is -1.89. The Kier molecular flexibility index (Phi) is 4.76. The van der Waals surface area contributed by atoms with Gasteiger partial charge in [-0.15, -0.1) is 35.1 Å². The molecule has 0 saturated heterocycles. The minimum Gasteiger partial charge on any atom is -0.326 e. The predicted octanol–water partition coefficient (Wildman–Crippen LogP) is 2.82. The molecule has 0 amide bonds. The van der Waals surface area contributed by atoms with E-state index in [4.69, 9.17) is 11.5 Å². The van der Waals surface area contributed by atoms with E-state index in [1.54, 1.807) is 22.7 Å². The number of hydrogen-bond donors (Lipinski definition) is 2. The maximum absolute atomic E-state index is 5.57. The number of rotatable bonds is 3. The number of nitrogens with two attached hydrogens (primary N) is 2. The Labute approximate surface area is 103 Å². The maximum atomic E-state index is 5.57. The summed E-state index contributed by atoms with van der Waals surface area (Å²) in [7, 11) is 0. The third kappa shape index (κ3) is 2.80. The number of halogens is 1. The average molecular weight is 261 g/mol. The summed E-state index contributed by atoms with van der Waals surface area (Å²) < 4.78 is 0. The fourth-order valence-electron chi connectivity index (χ4n) is 1.24. The summed E-state index contributed by atoms with van der Waals surface area (Å²) in [5.41, 5.74) is 11.1. The molecule has 0 radical (unpaired) electrons. The van der Waals surface area contributed by atoms with Crippen molar-refractivity contribution in [1.29, 1.82) is 0 Å². The van der Waals surface area contributed by atoms with Crippen LogP contribution in [0, 0.1) is 0 Å². The van der Waals surface area contributed by atoms with Gasteiger partial charge in [-0.2, -0.15) is 0 Å². The van der Waals surface area contributed by atoms with Gasteiger partial charge in [0.25, 0.3) is 0 Å². The monoisotopic (exact) mass is 260 g/mol. The van der Waals surface area contributed by atoms with Gasteiger partial charge < -0.3 is 11.5 Å². The van der Waals surface area contributed by atoms with Gasteiger partial charge in [0.1, 0.15) is 0 Å². The lowest BCUT2D eigenvalue weighted by molar-refractivity contribution is 1.11. The van der Waals surface area contributed by atoms with Crippen LogP contribution >= 0.6 is 35.1 Å². The average Bonchev–Trinajstić information content (AvgIpc) is 2.86. The van der Waals surface area contributed by atoms with E-state index in [0.717, 1.165) is 0 Å². The first-order chi connectivity index (χ1) is 6.83. The lowest BCUT2D eigenvalue weighted by atomic mass is 10.3. The van der Waals surface area contributed by atoms with Crippen molar-refractivity contribution in [2.24, 2.45) is 11.5 Å². The first-order valence-corrected chi connectivity index (χ1v) is 6.04. The van der Waals surface area contributed by atoms with Gasteiger partial charge >= 0.3 is 0 Å². The molecule has 0 unspecified atom stereocenters. The summed E-state index contributed by atoms with van der Waals surface area (Å²) in [5.74, 6) is 0. The van der Waals surface area contributed by atoms with E-state index in [-0.39, 0.29) is 12.4 Å². The van der Waals surface area contributed by atoms with Crippen LogP contribution in [-0.4, -0.2) is 0 Å². The van der Waals surface area contributed by atoms with E-state index in [1.807, 2.05) is 0 Å². The predicted molar refractivity (Wildman–Crippen MR) is 70.7 cm³/mol. The van der Waals surface area contributed by atoms with Crippen molar-refractivity contribution < 1.29 is 0 Å². The highest BCUT2D eigenvalue weighted by atomic mass is 35.5. The van der Waals surface area contributed by atoms with Gasteiger partial charge in [0.15, 0.2) is 0 Å². The van der Waals surface area contributed by atoms with Gasteiger partial charge in [-0.25, -0.2) is 0 Å². The Morgan fingerprint density at radius 2 is 1.20 bits per heavy atom. The number of thiophene rings is 2. The molecule has 0 spiro atoms. The van der Waals surface area contributed by atoms with E-state index in [0.29, 0.717) is 13.1 Å². The van der Waals surface area contributed by atoms with E-state index in [1.165, 1.54) is 19.5 Å². The lowest BCUT2D eigenvalue weighted by Crippen LogP contribution is -1.91. The molecule has 5 heteroatoms. The van der Waals surface area contributed by atoms with Crippen molar-refractivity contribution >= 4 is 35.1 Å². The molecule has 0 atom stereocenters. The SMILES string of the molecule is Cl.NCc1ccc(-c2ccc(CN)s2)s1. The molecule has 0 aromatic carbocycles. The maximum Gasteiger partial charge on any atom is 0.0446 e. The van der Waals surface area contributed by atoms with Crippen LogP contribution in [0.25, 0.3) is 9.75 Å². The first kappa shape index (κ1) is 12.7. The summed E-state index contributed by atoms with van der Waals surface area (Å²) in [6, 6.07) is 8.42. The summed E-state index contributed by atoms with van der Waals surface area (Å²) in [6.07, 6.45) is 0. The fraction of sp³-hybridized carbons (Fsp3) is 0.200. The normalized spacial score (nSPS) is 10.0. The molecule has 15 heavy (non-hydrogen) atoms. The first-order valence-electron chi connectivity index (χ1n) is 4.41. The molecule has 0 aliphatic heterocycles. The van der Waals surface area contributed by atoms with Crippen LogP contribution in [0.4, 0.5) is 0 Å². The van der Waals surface area contributed by atoms with Crippen LogP contribution in [-0.2, 0) is 13.1 Å². The zero-order valence-corrected chi connectivity index (χ0v) is 10.6. The van der Waals surface area contributed by atoms with Crippen molar-refractivity contribution in [3.8, 4) is 9.75 Å². The Hall–Kier alpha value is -0.390. The second-order valence-corrected chi connectivity index (χ2v) is 5.28. The smallest absolute Gasteiger partial charge is 0.0446 e. The van der Waals surface area contributed by atoms with Crippen LogP contribution in [0.3, 0.4) is 0 Å². The topological polar surface area (TPSA) is 52.0 Å². The third-order valence-corrected chi connectivity index (χ3v) is 4.38. The molecular formula is C10H13ClN2S2. The molecule has 82 valence electrons. The van der Waals surface area contributed by atoms with E-state index < -0.39 is 0 Å². The molecule has 2 aromatic heterocycles. The van der Waals surface area contributed by atoms with Crippen LogP contribution in [0.5, 0.6) is 0 Å². The minimum atomic E-state index is 0. The quantitative estimate of drug-likeness (QED) is 0.892.